The van der Waals surface area contributed by atoms with Gasteiger partial charge in [-0.25, -0.2) is 0 Å². The largest absolute Gasteiger partial charge is 0.380 e. The van der Waals surface area contributed by atoms with Crippen LogP contribution >= 0.6 is 0 Å². The maximum Gasteiger partial charge on any atom is 0.249 e. The summed E-state index contributed by atoms with van der Waals surface area (Å²) in [4.78, 5) is 11.0. The predicted octanol–water partition coefficient (Wildman–Crippen LogP) is 0.856. The number of primary amides is 1. The fourth-order valence-corrected chi connectivity index (χ4v) is 1.32. The van der Waals surface area contributed by atoms with E-state index in [9.17, 15) is 9.90 Å². The molecule has 0 aliphatic heterocycles. The highest BCUT2D eigenvalue weighted by molar-refractivity contribution is 5.83. The van der Waals surface area contributed by atoms with Gasteiger partial charge in [0, 0.05) is 6.42 Å². The molecule has 14 heavy (non-hydrogen) atoms. The summed E-state index contributed by atoms with van der Waals surface area (Å²) in [6, 6.07) is 9.35. The molecule has 3 heteroatoms. The molecular formula is C11H15NO2. The first-order chi connectivity index (χ1) is 6.58. The second kappa shape index (κ2) is 4.24. The van der Waals surface area contributed by atoms with Crippen LogP contribution in [0.1, 0.15) is 18.9 Å². The summed E-state index contributed by atoms with van der Waals surface area (Å²) in [5, 5.41) is 9.88. The van der Waals surface area contributed by atoms with E-state index >= 15 is 0 Å². The first kappa shape index (κ1) is 10.7. The van der Waals surface area contributed by atoms with Crippen LogP contribution in [-0.4, -0.2) is 16.6 Å². The standard InChI is InChI=1S/C11H15NO2/c1-2-11(14,10(12)13)8-9-6-4-3-5-7-9/h3-7,14H,2,8H2,1H3,(H2,12,13)/t11-/m0/s1. The highest BCUT2D eigenvalue weighted by atomic mass is 16.3. The number of hydrogen-bond donors (Lipinski definition) is 2. The molecule has 0 unspecified atom stereocenters. The first-order valence-corrected chi connectivity index (χ1v) is 4.64. The van der Waals surface area contributed by atoms with Crippen molar-refractivity contribution in [3.8, 4) is 0 Å². The lowest BCUT2D eigenvalue weighted by Gasteiger charge is -2.22. The van der Waals surface area contributed by atoms with Gasteiger partial charge in [-0.3, -0.25) is 4.79 Å². The molecule has 0 bridgehead atoms. The zero-order valence-corrected chi connectivity index (χ0v) is 8.23. The molecule has 3 N–H and O–H groups in total. The third-order valence-corrected chi connectivity index (χ3v) is 2.38. The monoisotopic (exact) mass is 193 g/mol. The summed E-state index contributed by atoms with van der Waals surface area (Å²) >= 11 is 0. The van der Waals surface area contributed by atoms with E-state index in [1.54, 1.807) is 6.92 Å². The number of aliphatic hydroxyl groups is 1. The summed E-state index contributed by atoms with van der Waals surface area (Å²) in [5.74, 6) is -0.663. The SMILES string of the molecule is CC[C@](O)(Cc1ccccc1)C(N)=O. The van der Waals surface area contributed by atoms with Gasteiger partial charge in [-0.15, -0.1) is 0 Å². The molecule has 1 atom stereocenters. The molecule has 0 heterocycles. The fourth-order valence-electron chi connectivity index (χ4n) is 1.32. The van der Waals surface area contributed by atoms with Crippen molar-refractivity contribution in [2.75, 3.05) is 0 Å². The van der Waals surface area contributed by atoms with Gasteiger partial charge in [-0.05, 0) is 12.0 Å². The van der Waals surface area contributed by atoms with Gasteiger partial charge in [0.25, 0.3) is 0 Å². The van der Waals surface area contributed by atoms with E-state index in [2.05, 4.69) is 0 Å². The molecule has 1 rings (SSSR count). The van der Waals surface area contributed by atoms with E-state index in [1.807, 2.05) is 30.3 Å². The minimum absolute atomic E-state index is 0.277. The molecule has 0 aliphatic rings. The van der Waals surface area contributed by atoms with Crippen molar-refractivity contribution in [1.82, 2.24) is 0 Å². The molecule has 0 saturated carbocycles. The lowest BCUT2D eigenvalue weighted by atomic mass is 9.91. The number of carbonyl (C=O) groups is 1. The quantitative estimate of drug-likeness (QED) is 0.744. The van der Waals surface area contributed by atoms with Crippen molar-refractivity contribution in [2.24, 2.45) is 5.73 Å². The topological polar surface area (TPSA) is 63.3 Å². The van der Waals surface area contributed by atoms with Crippen molar-refractivity contribution in [1.29, 1.82) is 0 Å². The fraction of sp³-hybridized carbons (Fsp3) is 0.364. The number of carbonyl (C=O) groups excluding carboxylic acids is 1. The Bertz CT molecular complexity index is 310. The van der Waals surface area contributed by atoms with Gasteiger partial charge in [0.05, 0.1) is 0 Å². The number of nitrogens with two attached hydrogens (primary N) is 1. The van der Waals surface area contributed by atoms with Crippen LogP contribution in [0.25, 0.3) is 0 Å². The molecule has 0 aliphatic carbocycles. The summed E-state index contributed by atoms with van der Waals surface area (Å²) < 4.78 is 0. The van der Waals surface area contributed by atoms with Crippen LogP contribution in [0.5, 0.6) is 0 Å². The molecule has 1 aromatic rings. The Balaban J connectivity index is 2.81. The Kier molecular flexibility index (Phi) is 3.25. The Morgan fingerprint density at radius 1 is 1.43 bits per heavy atom. The number of benzene rings is 1. The number of rotatable bonds is 4. The van der Waals surface area contributed by atoms with Crippen LogP contribution in [0.3, 0.4) is 0 Å². The summed E-state index contributed by atoms with van der Waals surface area (Å²) in [5.41, 5.74) is 4.64. The Labute approximate surface area is 83.6 Å². The van der Waals surface area contributed by atoms with Gasteiger partial charge in [-0.1, -0.05) is 37.3 Å². The van der Waals surface area contributed by atoms with Gasteiger partial charge < -0.3 is 10.8 Å². The number of amides is 1. The van der Waals surface area contributed by atoms with Crippen LogP contribution < -0.4 is 5.73 Å². The van der Waals surface area contributed by atoms with Gasteiger partial charge in [0.1, 0.15) is 5.60 Å². The highest BCUT2D eigenvalue weighted by Gasteiger charge is 2.31. The van der Waals surface area contributed by atoms with Gasteiger partial charge >= 0.3 is 0 Å². The summed E-state index contributed by atoms with van der Waals surface area (Å²) in [6.07, 6.45) is 0.608. The molecule has 1 aromatic carbocycles. The van der Waals surface area contributed by atoms with Gasteiger partial charge in [-0.2, -0.15) is 0 Å². The molecule has 1 amide bonds. The Hall–Kier alpha value is -1.35. The average Bonchev–Trinajstić information content (AvgIpc) is 2.19. The third-order valence-electron chi connectivity index (χ3n) is 2.38. The molecule has 0 saturated heterocycles. The van der Waals surface area contributed by atoms with Crippen LogP contribution in [-0.2, 0) is 11.2 Å². The summed E-state index contributed by atoms with van der Waals surface area (Å²) in [6.45, 7) is 1.74. The zero-order chi connectivity index (χ0) is 10.6. The van der Waals surface area contributed by atoms with Crippen molar-refractivity contribution in [2.45, 2.75) is 25.4 Å². The van der Waals surface area contributed by atoms with E-state index < -0.39 is 11.5 Å². The van der Waals surface area contributed by atoms with E-state index in [0.29, 0.717) is 6.42 Å². The van der Waals surface area contributed by atoms with Crippen molar-refractivity contribution in [3.63, 3.8) is 0 Å². The summed E-state index contributed by atoms with van der Waals surface area (Å²) in [7, 11) is 0. The number of hydrogen-bond acceptors (Lipinski definition) is 2. The van der Waals surface area contributed by atoms with Gasteiger partial charge in [0.15, 0.2) is 0 Å². The second-order valence-corrected chi connectivity index (χ2v) is 3.41. The highest BCUT2D eigenvalue weighted by Crippen LogP contribution is 2.16. The van der Waals surface area contributed by atoms with E-state index in [4.69, 9.17) is 5.73 Å². The normalized spacial score (nSPS) is 14.7. The maximum absolute atomic E-state index is 11.0. The molecular weight excluding hydrogens is 178 g/mol. The molecule has 0 spiro atoms. The molecule has 3 nitrogen and oxygen atoms in total. The van der Waals surface area contributed by atoms with Crippen LogP contribution in [0, 0.1) is 0 Å². The van der Waals surface area contributed by atoms with Crippen molar-refractivity contribution < 1.29 is 9.90 Å². The second-order valence-electron chi connectivity index (χ2n) is 3.41. The minimum Gasteiger partial charge on any atom is -0.380 e. The van der Waals surface area contributed by atoms with Crippen LogP contribution in [0.4, 0.5) is 0 Å². The average molecular weight is 193 g/mol. The molecule has 0 fully saturated rings. The lowest BCUT2D eigenvalue weighted by molar-refractivity contribution is -0.136. The van der Waals surface area contributed by atoms with Crippen LogP contribution in [0.15, 0.2) is 30.3 Å². The first-order valence-electron chi connectivity index (χ1n) is 4.64. The van der Waals surface area contributed by atoms with Crippen molar-refractivity contribution >= 4 is 5.91 Å². The van der Waals surface area contributed by atoms with Crippen molar-refractivity contribution in [3.05, 3.63) is 35.9 Å². The minimum atomic E-state index is -1.42. The van der Waals surface area contributed by atoms with E-state index in [-0.39, 0.29) is 6.42 Å². The smallest absolute Gasteiger partial charge is 0.249 e. The molecule has 0 aromatic heterocycles. The van der Waals surface area contributed by atoms with E-state index in [0.717, 1.165) is 5.56 Å². The third kappa shape index (κ3) is 2.33. The van der Waals surface area contributed by atoms with Gasteiger partial charge in [0.2, 0.25) is 5.91 Å². The Morgan fingerprint density at radius 2 is 2.00 bits per heavy atom. The predicted molar refractivity (Wildman–Crippen MR) is 54.6 cm³/mol. The molecule has 0 radical (unpaired) electrons. The maximum atomic E-state index is 11.0. The molecule has 76 valence electrons. The van der Waals surface area contributed by atoms with Crippen LogP contribution in [0.2, 0.25) is 0 Å². The lowest BCUT2D eigenvalue weighted by Crippen LogP contribution is -2.45. The van der Waals surface area contributed by atoms with E-state index in [1.165, 1.54) is 0 Å². The zero-order valence-electron chi connectivity index (χ0n) is 8.23. The Morgan fingerprint density at radius 3 is 2.43 bits per heavy atom.